The maximum absolute atomic E-state index is 12.9. The molecule has 1 saturated heterocycles. The highest BCUT2D eigenvalue weighted by molar-refractivity contribution is 7.88. The SMILES string of the molecule is CC(C)(C)OC(=O)NC[C@H]1CCCCN1S(=O)(=O)Cc1ccc(Cl)cc1. The fourth-order valence-corrected chi connectivity index (χ4v) is 4.88. The summed E-state index contributed by atoms with van der Waals surface area (Å²) in [5.74, 6) is -0.0763. The summed E-state index contributed by atoms with van der Waals surface area (Å²) in [6, 6.07) is 6.55. The lowest BCUT2D eigenvalue weighted by atomic mass is 10.1. The third-order valence-corrected chi connectivity index (χ3v) is 6.22. The molecule has 6 nitrogen and oxygen atoms in total. The summed E-state index contributed by atoms with van der Waals surface area (Å²) in [7, 11) is -3.48. The lowest BCUT2D eigenvalue weighted by Crippen LogP contribution is -2.50. The number of alkyl carbamates (subject to hydrolysis) is 1. The van der Waals surface area contributed by atoms with Crippen LogP contribution in [0.3, 0.4) is 0 Å². The number of hydrogen-bond acceptors (Lipinski definition) is 4. The van der Waals surface area contributed by atoms with Gasteiger partial charge in [-0.25, -0.2) is 13.2 Å². The number of halogens is 1. The first kappa shape index (κ1) is 21.0. The van der Waals surface area contributed by atoms with E-state index >= 15 is 0 Å². The molecule has 2 rings (SSSR count). The van der Waals surface area contributed by atoms with Gasteiger partial charge >= 0.3 is 6.09 Å². The zero-order valence-electron chi connectivity index (χ0n) is 15.5. The van der Waals surface area contributed by atoms with Crippen molar-refractivity contribution in [2.75, 3.05) is 13.1 Å². The number of amides is 1. The topological polar surface area (TPSA) is 75.7 Å². The Kier molecular flexibility index (Phi) is 6.93. The van der Waals surface area contributed by atoms with Gasteiger partial charge < -0.3 is 10.1 Å². The van der Waals surface area contributed by atoms with Crippen molar-refractivity contribution < 1.29 is 17.9 Å². The number of rotatable bonds is 5. The minimum atomic E-state index is -3.48. The molecule has 1 aliphatic heterocycles. The number of carbonyl (C=O) groups excluding carboxylic acids is 1. The Morgan fingerprint density at radius 2 is 1.92 bits per heavy atom. The molecule has 1 amide bonds. The van der Waals surface area contributed by atoms with Crippen molar-refractivity contribution in [3.63, 3.8) is 0 Å². The van der Waals surface area contributed by atoms with Gasteiger partial charge in [-0.2, -0.15) is 4.31 Å². The number of sulfonamides is 1. The van der Waals surface area contributed by atoms with Crippen molar-refractivity contribution >= 4 is 27.7 Å². The van der Waals surface area contributed by atoms with Gasteiger partial charge in [0, 0.05) is 24.2 Å². The number of benzene rings is 1. The molecule has 0 aliphatic carbocycles. The van der Waals surface area contributed by atoms with E-state index in [1.165, 1.54) is 4.31 Å². The molecule has 0 saturated carbocycles. The molecule has 1 N–H and O–H groups in total. The first-order valence-corrected chi connectivity index (χ1v) is 10.8. The van der Waals surface area contributed by atoms with E-state index in [-0.39, 0.29) is 18.3 Å². The standard InChI is InChI=1S/C18H27ClN2O4S/c1-18(2,3)25-17(22)20-12-16-6-4-5-11-21(16)26(23,24)13-14-7-9-15(19)10-8-14/h7-10,16H,4-6,11-13H2,1-3H3,(H,20,22)/t16-/m1/s1. The average Bonchev–Trinajstić information content (AvgIpc) is 2.53. The van der Waals surface area contributed by atoms with E-state index in [1.54, 1.807) is 45.0 Å². The van der Waals surface area contributed by atoms with E-state index in [9.17, 15) is 13.2 Å². The Balaban J connectivity index is 2.02. The highest BCUT2D eigenvalue weighted by Crippen LogP contribution is 2.23. The summed E-state index contributed by atoms with van der Waals surface area (Å²) in [6.45, 7) is 6.08. The van der Waals surface area contributed by atoms with Gasteiger partial charge in [0.2, 0.25) is 10.0 Å². The molecule has 0 aromatic heterocycles. The third kappa shape index (κ3) is 6.45. The van der Waals surface area contributed by atoms with Gasteiger partial charge in [0.15, 0.2) is 0 Å². The molecule has 1 aliphatic rings. The van der Waals surface area contributed by atoms with Crippen molar-refractivity contribution in [3.05, 3.63) is 34.9 Å². The van der Waals surface area contributed by atoms with Crippen LogP contribution in [0.4, 0.5) is 4.79 Å². The van der Waals surface area contributed by atoms with Crippen LogP contribution in [0.5, 0.6) is 0 Å². The van der Waals surface area contributed by atoms with E-state index in [4.69, 9.17) is 16.3 Å². The number of carbonyl (C=O) groups is 1. The largest absolute Gasteiger partial charge is 0.444 e. The number of ether oxygens (including phenoxy) is 1. The van der Waals surface area contributed by atoms with Crippen LogP contribution in [0.1, 0.15) is 45.6 Å². The van der Waals surface area contributed by atoms with E-state index in [0.29, 0.717) is 17.1 Å². The minimum Gasteiger partial charge on any atom is -0.444 e. The van der Waals surface area contributed by atoms with E-state index < -0.39 is 21.7 Å². The molecule has 1 aromatic rings. The lowest BCUT2D eigenvalue weighted by molar-refractivity contribution is 0.0512. The molecular formula is C18H27ClN2O4S. The molecule has 26 heavy (non-hydrogen) atoms. The number of hydrogen-bond donors (Lipinski definition) is 1. The molecule has 0 spiro atoms. The maximum Gasteiger partial charge on any atom is 0.407 e. The molecule has 0 radical (unpaired) electrons. The van der Waals surface area contributed by atoms with Gasteiger partial charge in [-0.15, -0.1) is 0 Å². The van der Waals surface area contributed by atoms with Crippen LogP contribution >= 0.6 is 11.6 Å². The average molecular weight is 403 g/mol. The summed E-state index contributed by atoms with van der Waals surface area (Å²) in [4.78, 5) is 11.9. The van der Waals surface area contributed by atoms with Crippen molar-refractivity contribution in [1.29, 1.82) is 0 Å². The minimum absolute atomic E-state index is 0.0763. The Labute approximate surface area is 160 Å². The van der Waals surface area contributed by atoms with Crippen LogP contribution in [0, 0.1) is 0 Å². The van der Waals surface area contributed by atoms with Crippen molar-refractivity contribution in [3.8, 4) is 0 Å². The Hall–Kier alpha value is -1.31. The molecule has 1 atom stereocenters. The summed E-state index contributed by atoms with van der Waals surface area (Å²) in [5.41, 5.74) is 0.107. The fraction of sp³-hybridized carbons (Fsp3) is 0.611. The molecular weight excluding hydrogens is 376 g/mol. The number of nitrogens with one attached hydrogen (secondary N) is 1. The number of piperidine rings is 1. The van der Waals surface area contributed by atoms with Crippen LogP contribution in [-0.2, 0) is 20.5 Å². The highest BCUT2D eigenvalue weighted by atomic mass is 35.5. The summed E-state index contributed by atoms with van der Waals surface area (Å²) in [5, 5.41) is 3.27. The summed E-state index contributed by atoms with van der Waals surface area (Å²) in [6.07, 6.45) is 1.95. The second kappa shape index (κ2) is 8.59. The third-order valence-electron chi connectivity index (χ3n) is 4.07. The smallest absolute Gasteiger partial charge is 0.407 e. The predicted octanol–water partition coefficient (Wildman–Crippen LogP) is 3.55. The van der Waals surface area contributed by atoms with Crippen molar-refractivity contribution in [2.24, 2.45) is 0 Å². The summed E-state index contributed by atoms with van der Waals surface area (Å²) >= 11 is 5.86. The first-order chi connectivity index (χ1) is 12.1. The van der Waals surface area contributed by atoms with Crippen LogP contribution in [-0.4, -0.2) is 43.5 Å². The molecule has 1 fully saturated rings. The van der Waals surface area contributed by atoms with E-state index in [1.807, 2.05) is 0 Å². The van der Waals surface area contributed by atoms with Crippen LogP contribution < -0.4 is 5.32 Å². The lowest BCUT2D eigenvalue weighted by Gasteiger charge is -2.35. The quantitative estimate of drug-likeness (QED) is 0.817. The van der Waals surface area contributed by atoms with Crippen LogP contribution in [0.25, 0.3) is 0 Å². The fourth-order valence-electron chi connectivity index (χ4n) is 2.93. The van der Waals surface area contributed by atoms with Crippen LogP contribution in [0.15, 0.2) is 24.3 Å². The van der Waals surface area contributed by atoms with E-state index in [2.05, 4.69) is 5.32 Å². The first-order valence-electron chi connectivity index (χ1n) is 8.78. The zero-order chi connectivity index (χ0) is 19.4. The van der Waals surface area contributed by atoms with Gasteiger partial charge in [0.05, 0.1) is 5.75 Å². The highest BCUT2D eigenvalue weighted by Gasteiger charge is 2.32. The molecule has 1 aromatic carbocycles. The van der Waals surface area contributed by atoms with E-state index in [0.717, 1.165) is 19.3 Å². The molecule has 0 unspecified atom stereocenters. The second-order valence-electron chi connectivity index (χ2n) is 7.53. The maximum atomic E-state index is 12.9. The van der Waals surface area contributed by atoms with Gasteiger partial charge in [-0.3, -0.25) is 0 Å². The van der Waals surface area contributed by atoms with Gasteiger partial charge in [0.1, 0.15) is 5.60 Å². The molecule has 8 heteroatoms. The zero-order valence-corrected chi connectivity index (χ0v) is 17.1. The van der Waals surface area contributed by atoms with Gasteiger partial charge in [-0.1, -0.05) is 30.2 Å². The second-order valence-corrected chi connectivity index (χ2v) is 9.88. The number of nitrogens with zero attached hydrogens (tertiary/aromatic N) is 1. The normalized spacial score (nSPS) is 19.2. The predicted molar refractivity (Wildman–Crippen MR) is 103 cm³/mol. The van der Waals surface area contributed by atoms with Gasteiger partial charge in [-0.05, 0) is 51.3 Å². The van der Waals surface area contributed by atoms with Crippen molar-refractivity contribution in [1.82, 2.24) is 9.62 Å². The Morgan fingerprint density at radius 1 is 1.27 bits per heavy atom. The summed E-state index contributed by atoms with van der Waals surface area (Å²) < 4.78 is 32.5. The van der Waals surface area contributed by atoms with Crippen LogP contribution in [0.2, 0.25) is 5.02 Å². The molecule has 0 bridgehead atoms. The van der Waals surface area contributed by atoms with Crippen molar-refractivity contribution in [2.45, 2.75) is 57.4 Å². The molecule has 1 heterocycles. The monoisotopic (exact) mass is 402 g/mol. The molecule has 146 valence electrons. The van der Waals surface area contributed by atoms with Gasteiger partial charge in [0.25, 0.3) is 0 Å². The Bertz CT molecular complexity index is 714. The Morgan fingerprint density at radius 3 is 2.54 bits per heavy atom.